The second-order valence-corrected chi connectivity index (χ2v) is 3.63. The molecule has 1 aromatic rings. The Bertz CT molecular complexity index is 343. The summed E-state index contributed by atoms with van der Waals surface area (Å²) in [5.41, 5.74) is -1.32. The molecule has 0 aliphatic rings. The number of hydrogen-bond acceptors (Lipinski definition) is 2. The SMILES string of the molecule is CC(S)n1ccc(C(F)(F)C(F)(F)F)n1. The van der Waals surface area contributed by atoms with Gasteiger partial charge in [0.25, 0.3) is 0 Å². The van der Waals surface area contributed by atoms with Crippen LogP contribution in [0.1, 0.15) is 18.0 Å². The molecular weight excluding hydrogens is 239 g/mol. The summed E-state index contributed by atoms with van der Waals surface area (Å²) in [7, 11) is 0. The Morgan fingerprint density at radius 2 is 1.87 bits per heavy atom. The molecule has 1 unspecified atom stereocenters. The lowest BCUT2D eigenvalue weighted by Gasteiger charge is -2.17. The fourth-order valence-corrected chi connectivity index (χ4v) is 0.987. The van der Waals surface area contributed by atoms with Gasteiger partial charge < -0.3 is 0 Å². The maximum atomic E-state index is 12.7. The van der Waals surface area contributed by atoms with Gasteiger partial charge in [-0.25, -0.2) is 0 Å². The largest absolute Gasteiger partial charge is 0.459 e. The molecule has 0 bridgehead atoms. The standard InChI is InChI=1S/C7H7F5N2S/c1-4(15)14-3-2-5(13-14)6(8,9)7(10,11)12/h2-4,15H,1H3. The van der Waals surface area contributed by atoms with Gasteiger partial charge in [-0.05, 0) is 13.0 Å². The van der Waals surface area contributed by atoms with Gasteiger partial charge in [0.05, 0.1) is 5.37 Å². The number of aromatic nitrogens is 2. The summed E-state index contributed by atoms with van der Waals surface area (Å²) >= 11 is 3.84. The molecule has 1 rings (SSSR count). The minimum absolute atomic E-state index is 0.567. The van der Waals surface area contributed by atoms with E-state index in [-0.39, 0.29) is 0 Å². The molecule has 0 aliphatic heterocycles. The molecular formula is C7H7F5N2S. The van der Waals surface area contributed by atoms with Crippen LogP contribution < -0.4 is 0 Å². The van der Waals surface area contributed by atoms with Crippen LogP contribution in [0.25, 0.3) is 0 Å². The van der Waals surface area contributed by atoms with Crippen molar-refractivity contribution >= 4 is 12.6 Å². The van der Waals surface area contributed by atoms with Gasteiger partial charge in [-0.1, -0.05) is 0 Å². The molecule has 0 saturated carbocycles. The minimum atomic E-state index is -5.63. The lowest BCUT2D eigenvalue weighted by Crippen LogP contribution is -2.34. The molecule has 0 N–H and O–H groups in total. The van der Waals surface area contributed by atoms with Crippen LogP contribution in [0.15, 0.2) is 12.3 Å². The van der Waals surface area contributed by atoms with Gasteiger partial charge in [-0.2, -0.15) is 39.7 Å². The Hall–Kier alpha value is -0.790. The Balaban J connectivity index is 3.06. The van der Waals surface area contributed by atoms with E-state index in [0.717, 1.165) is 10.9 Å². The van der Waals surface area contributed by atoms with Crippen molar-refractivity contribution in [2.75, 3.05) is 0 Å². The number of alkyl halides is 5. The number of thiol groups is 1. The molecule has 1 aromatic heterocycles. The third-order valence-corrected chi connectivity index (χ3v) is 1.91. The van der Waals surface area contributed by atoms with E-state index in [9.17, 15) is 22.0 Å². The lowest BCUT2D eigenvalue weighted by molar-refractivity contribution is -0.291. The van der Waals surface area contributed by atoms with E-state index in [2.05, 4.69) is 17.7 Å². The van der Waals surface area contributed by atoms with Crippen LogP contribution in [0.2, 0.25) is 0 Å². The predicted octanol–water partition coefficient (Wildman–Crippen LogP) is 2.99. The molecule has 86 valence electrons. The van der Waals surface area contributed by atoms with Crippen molar-refractivity contribution < 1.29 is 22.0 Å². The van der Waals surface area contributed by atoms with Crippen molar-refractivity contribution in [1.82, 2.24) is 9.78 Å². The molecule has 2 nitrogen and oxygen atoms in total. The highest BCUT2D eigenvalue weighted by molar-refractivity contribution is 7.80. The second-order valence-electron chi connectivity index (χ2n) is 2.89. The maximum Gasteiger partial charge on any atom is 0.459 e. The second kappa shape index (κ2) is 3.66. The monoisotopic (exact) mass is 246 g/mol. The number of nitrogens with zero attached hydrogens (tertiary/aromatic N) is 2. The first-order chi connectivity index (χ1) is 6.66. The summed E-state index contributed by atoms with van der Waals surface area (Å²) < 4.78 is 62.1. The van der Waals surface area contributed by atoms with E-state index >= 15 is 0 Å². The van der Waals surface area contributed by atoms with Crippen LogP contribution in [0.4, 0.5) is 22.0 Å². The quantitative estimate of drug-likeness (QED) is 0.627. The smallest absolute Gasteiger partial charge is 0.260 e. The van der Waals surface area contributed by atoms with Gasteiger partial charge in [0.1, 0.15) is 5.69 Å². The zero-order chi connectivity index (χ0) is 11.9. The van der Waals surface area contributed by atoms with E-state index in [4.69, 9.17) is 0 Å². The van der Waals surface area contributed by atoms with Gasteiger partial charge in [-0.3, -0.25) is 4.68 Å². The van der Waals surface area contributed by atoms with Gasteiger partial charge >= 0.3 is 12.1 Å². The first-order valence-electron chi connectivity index (χ1n) is 3.84. The Morgan fingerprint density at radius 1 is 1.33 bits per heavy atom. The molecule has 8 heteroatoms. The van der Waals surface area contributed by atoms with Crippen LogP contribution >= 0.6 is 12.6 Å². The summed E-state index contributed by atoms with van der Waals surface area (Å²) in [6.45, 7) is 1.49. The zero-order valence-electron chi connectivity index (χ0n) is 7.46. The predicted molar refractivity (Wildman–Crippen MR) is 45.9 cm³/mol. The highest BCUT2D eigenvalue weighted by atomic mass is 32.1. The summed E-state index contributed by atoms with van der Waals surface area (Å²) in [5.74, 6) is -4.93. The highest BCUT2D eigenvalue weighted by Crippen LogP contribution is 2.43. The summed E-state index contributed by atoms with van der Waals surface area (Å²) in [5, 5.41) is 2.55. The molecule has 0 aliphatic carbocycles. The van der Waals surface area contributed by atoms with E-state index < -0.39 is 23.2 Å². The third kappa shape index (κ3) is 2.24. The number of rotatable bonds is 2. The molecule has 0 spiro atoms. The molecule has 1 atom stereocenters. The van der Waals surface area contributed by atoms with Crippen LogP contribution in [0, 0.1) is 0 Å². The van der Waals surface area contributed by atoms with Crippen LogP contribution in [-0.2, 0) is 5.92 Å². The molecule has 0 fully saturated rings. The van der Waals surface area contributed by atoms with Crippen LogP contribution in [0.3, 0.4) is 0 Å². The molecule has 0 saturated heterocycles. The Morgan fingerprint density at radius 3 is 2.20 bits per heavy atom. The van der Waals surface area contributed by atoms with Gasteiger partial charge in [-0.15, -0.1) is 0 Å². The van der Waals surface area contributed by atoms with Crippen LogP contribution in [-0.4, -0.2) is 16.0 Å². The number of hydrogen-bond donors (Lipinski definition) is 1. The summed E-state index contributed by atoms with van der Waals surface area (Å²) in [6.07, 6.45) is -4.61. The summed E-state index contributed by atoms with van der Waals surface area (Å²) in [6, 6.07) is 0.625. The van der Waals surface area contributed by atoms with Gasteiger partial charge in [0.15, 0.2) is 0 Å². The van der Waals surface area contributed by atoms with E-state index in [1.165, 1.54) is 6.92 Å². The number of halogens is 5. The average molecular weight is 246 g/mol. The van der Waals surface area contributed by atoms with E-state index in [0.29, 0.717) is 6.07 Å². The Labute approximate surface area is 87.5 Å². The molecule has 0 aromatic carbocycles. The highest BCUT2D eigenvalue weighted by Gasteiger charge is 2.60. The lowest BCUT2D eigenvalue weighted by atomic mass is 10.2. The molecule has 15 heavy (non-hydrogen) atoms. The first-order valence-corrected chi connectivity index (χ1v) is 4.36. The third-order valence-electron chi connectivity index (χ3n) is 1.67. The fourth-order valence-electron chi connectivity index (χ4n) is 0.859. The van der Waals surface area contributed by atoms with Gasteiger partial charge in [0, 0.05) is 6.20 Å². The first kappa shape index (κ1) is 12.3. The van der Waals surface area contributed by atoms with Crippen molar-refractivity contribution in [1.29, 1.82) is 0 Å². The van der Waals surface area contributed by atoms with Crippen molar-refractivity contribution in [3.05, 3.63) is 18.0 Å². The molecule has 0 amide bonds. The van der Waals surface area contributed by atoms with E-state index in [1.807, 2.05) is 0 Å². The minimum Gasteiger partial charge on any atom is -0.260 e. The van der Waals surface area contributed by atoms with Crippen molar-refractivity contribution in [2.45, 2.75) is 24.4 Å². The topological polar surface area (TPSA) is 17.8 Å². The fraction of sp³-hybridized carbons (Fsp3) is 0.571. The summed E-state index contributed by atoms with van der Waals surface area (Å²) in [4.78, 5) is 0. The normalized spacial score (nSPS) is 15.4. The van der Waals surface area contributed by atoms with Gasteiger partial charge in [0.2, 0.25) is 0 Å². The zero-order valence-corrected chi connectivity index (χ0v) is 8.36. The molecule has 0 radical (unpaired) electrons. The van der Waals surface area contributed by atoms with E-state index in [1.54, 1.807) is 0 Å². The Kier molecular flexibility index (Phi) is 2.99. The van der Waals surface area contributed by atoms with Crippen molar-refractivity contribution in [3.8, 4) is 0 Å². The maximum absolute atomic E-state index is 12.7. The molecule has 1 heterocycles. The average Bonchev–Trinajstić information content (AvgIpc) is 2.49. The van der Waals surface area contributed by atoms with Crippen molar-refractivity contribution in [2.24, 2.45) is 0 Å². The van der Waals surface area contributed by atoms with Crippen LogP contribution in [0.5, 0.6) is 0 Å². The van der Waals surface area contributed by atoms with Crippen molar-refractivity contribution in [3.63, 3.8) is 0 Å².